The molecule has 1 aromatic rings. The minimum absolute atomic E-state index is 0.310. The molecule has 1 unspecified atom stereocenters. The maximum absolute atomic E-state index is 3.94. The van der Waals surface area contributed by atoms with Gasteiger partial charge in [0.15, 0.2) is 0 Å². The maximum Gasteiger partial charge on any atom is 0.0505 e. The molecule has 0 radical (unpaired) electrons. The molecule has 1 saturated carbocycles. The minimum atomic E-state index is 0.310. The third-order valence-corrected chi connectivity index (χ3v) is 3.41. The monoisotopic (exact) mass is 215 g/mol. The lowest BCUT2D eigenvalue weighted by atomic mass is 9.94. The van der Waals surface area contributed by atoms with E-state index in [1.165, 1.54) is 37.7 Å². The van der Waals surface area contributed by atoms with Crippen LogP contribution in [0.3, 0.4) is 0 Å². The molecular formula is C15H21N. The molecule has 1 N–H and O–H groups in total. The van der Waals surface area contributed by atoms with Crippen LogP contribution in [0.25, 0.3) is 0 Å². The fourth-order valence-corrected chi connectivity index (χ4v) is 2.48. The zero-order valence-electron chi connectivity index (χ0n) is 9.86. The largest absolute Gasteiger partial charge is 0.304 e. The second-order valence-electron chi connectivity index (χ2n) is 4.63. The number of hydrogen-bond donors (Lipinski definition) is 1. The van der Waals surface area contributed by atoms with E-state index in [-0.39, 0.29) is 0 Å². The Morgan fingerprint density at radius 1 is 1.12 bits per heavy atom. The van der Waals surface area contributed by atoms with Crippen molar-refractivity contribution in [3.63, 3.8) is 0 Å². The molecule has 1 fully saturated rings. The summed E-state index contributed by atoms with van der Waals surface area (Å²) in [4.78, 5) is 0. The zero-order valence-corrected chi connectivity index (χ0v) is 9.86. The Bertz CT molecular complexity index is 311. The Kier molecular flexibility index (Phi) is 4.17. The molecule has 0 amide bonds. The van der Waals surface area contributed by atoms with Crippen LogP contribution in [0.5, 0.6) is 0 Å². The lowest BCUT2D eigenvalue weighted by Gasteiger charge is -2.27. The van der Waals surface area contributed by atoms with Crippen molar-refractivity contribution in [3.8, 4) is 0 Å². The average Bonchev–Trinajstić information content (AvgIpc) is 2.38. The first-order chi connectivity index (χ1) is 7.90. The predicted molar refractivity (Wildman–Crippen MR) is 69.4 cm³/mol. The standard InChI is InChI=1S/C15H21N/c1-2-15(13-9-5-3-6-10-13)16-14-11-7-4-8-12-14/h2-3,5-6,9-10,14-16H,1,4,7-8,11-12H2. The van der Waals surface area contributed by atoms with E-state index in [4.69, 9.17) is 0 Å². The third kappa shape index (κ3) is 2.96. The van der Waals surface area contributed by atoms with Crippen LogP contribution < -0.4 is 5.32 Å². The molecule has 1 aliphatic rings. The van der Waals surface area contributed by atoms with E-state index in [1.54, 1.807) is 0 Å². The number of rotatable bonds is 4. The summed E-state index contributed by atoms with van der Waals surface area (Å²) in [5, 5.41) is 3.70. The Hall–Kier alpha value is -1.08. The lowest BCUT2D eigenvalue weighted by Crippen LogP contribution is -2.33. The molecule has 16 heavy (non-hydrogen) atoms. The molecule has 1 aromatic carbocycles. The smallest absolute Gasteiger partial charge is 0.0505 e. The fourth-order valence-electron chi connectivity index (χ4n) is 2.48. The molecule has 0 spiro atoms. The normalized spacial score (nSPS) is 19.2. The van der Waals surface area contributed by atoms with Crippen molar-refractivity contribution in [2.45, 2.75) is 44.2 Å². The van der Waals surface area contributed by atoms with Crippen molar-refractivity contribution in [2.75, 3.05) is 0 Å². The van der Waals surface area contributed by atoms with Crippen molar-refractivity contribution in [3.05, 3.63) is 48.6 Å². The van der Waals surface area contributed by atoms with Gasteiger partial charge in [-0.05, 0) is 18.4 Å². The van der Waals surface area contributed by atoms with E-state index in [0.29, 0.717) is 12.1 Å². The average molecular weight is 215 g/mol. The summed E-state index contributed by atoms with van der Waals surface area (Å²) in [7, 11) is 0. The molecular weight excluding hydrogens is 194 g/mol. The molecule has 1 atom stereocenters. The first-order valence-corrected chi connectivity index (χ1v) is 6.33. The van der Waals surface area contributed by atoms with Crippen molar-refractivity contribution >= 4 is 0 Å². The van der Waals surface area contributed by atoms with E-state index >= 15 is 0 Å². The Labute approximate surface area is 98.6 Å². The molecule has 1 heteroatoms. The van der Waals surface area contributed by atoms with Gasteiger partial charge in [0.05, 0.1) is 6.04 Å². The van der Waals surface area contributed by atoms with E-state index < -0.39 is 0 Å². The van der Waals surface area contributed by atoms with Gasteiger partial charge in [-0.1, -0.05) is 55.7 Å². The van der Waals surface area contributed by atoms with Gasteiger partial charge in [0.2, 0.25) is 0 Å². The van der Waals surface area contributed by atoms with Gasteiger partial charge in [0.1, 0.15) is 0 Å². The van der Waals surface area contributed by atoms with Crippen LogP contribution in [-0.4, -0.2) is 6.04 Å². The van der Waals surface area contributed by atoms with Gasteiger partial charge in [-0.2, -0.15) is 0 Å². The molecule has 0 aliphatic heterocycles. The van der Waals surface area contributed by atoms with Crippen LogP contribution in [0.1, 0.15) is 43.7 Å². The molecule has 1 nitrogen and oxygen atoms in total. The quantitative estimate of drug-likeness (QED) is 0.753. The lowest BCUT2D eigenvalue weighted by molar-refractivity contribution is 0.357. The third-order valence-electron chi connectivity index (χ3n) is 3.41. The number of nitrogens with one attached hydrogen (secondary N) is 1. The van der Waals surface area contributed by atoms with Crippen LogP contribution in [0.2, 0.25) is 0 Å². The summed E-state index contributed by atoms with van der Waals surface area (Å²) in [6, 6.07) is 11.6. The van der Waals surface area contributed by atoms with Crippen LogP contribution >= 0.6 is 0 Å². The van der Waals surface area contributed by atoms with Gasteiger partial charge < -0.3 is 5.32 Å². The van der Waals surface area contributed by atoms with Gasteiger partial charge in [-0.3, -0.25) is 0 Å². The Morgan fingerprint density at radius 2 is 1.81 bits per heavy atom. The highest BCUT2D eigenvalue weighted by atomic mass is 14.9. The summed E-state index contributed by atoms with van der Waals surface area (Å²) in [5.74, 6) is 0. The van der Waals surface area contributed by atoms with E-state index in [2.05, 4.69) is 42.2 Å². The zero-order chi connectivity index (χ0) is 11.2. The van der Waals surface area contributed by atoms with Gasteiger partial charge in [0, 0.05) is 6.04 Å². The molecule has 0 aromatic heterocycles. The van der Waals surface area contributed by atoms with Gasteiger partial charge in [-0.25, -0.2) is 0 Å². The predicted octanol–water partition coefficient (Wildman–Crippen LogP) is 3.84. The van der Waals surface area contributed by atoms with Gasteiger partial charge in [0.25, 0.3) is 0 Å². The fraction of sp³-hybridized carbons (Fsp3) is 0.467. The van der Waals surface area contributed by atoms with Crippen LogP contribution in [0.15, 0.2) is 43.0 Å². The highest BCUT2D eigenvalue weighted by Gasteiger charge is 2.16. The van der Waals surface area contributed by atoms with Crippen molar-refractivity contribution in [1.82, 2.24) is 5.32 Å². The van der Waals surface area contributed by atoms with Crippen molar-refractivity contribution < 1.29 is 0 Å². The SMILES string of the molecule is C=CC(NC1CCCCC1)c1ccccc1. The van der Waals surface area contributed by atoms with E-state index in [1.807, 2.05) is 6.08 Å². The van der Waals surface area contributed by atoms with E-state index in [0.717, 1.165) is 0 Å². The van der Waals surface area contributed by atoms with Gasteiger partial charge >= 0.3 is 0 Å². The van der Waals surface area contributed by atoms with Crippen LogP contribution in [0.4, 0.5) is 0 Å². The molecule has 0 heterocycles. The minimum Gasteiger partial charge on any atom is -0.304 e. The highest BCUT2D eigenvalue weighted by Crippen LogP contribution is 2.22. The summed E-state index contributed by atoms with van der Waals surface area (Å²) >= 11 is 0. The topological polar surface area (TPSA) is 12.0 Å². The summed E-state index contributed by atoms with van der Waals surface area (Å²) in [6.45, 7) is 3.94. The van der Waals surface area contributed by atoms with Crippen molar-refractivity contribution in [1.29, 1.82) is 0 Å². The molecule has 86 valence electrons. The van der Waals surface area contributed by atoms with Crippen LogP contribution in [-0.2, 0) is 0 Å². The molecule has 1 aliphatic carbocycles. The second-order valence-corrected chi connectivity index (χ2v) is 4.63. The van der Waals surface area contributed by atoms with Crippen LogP contribution in [0, 0.1) is 0 Å². The van der Waals surface area contributed by atoms with Gasteiger partial charge in [-0.15, -0.1) is 6.58 Å². The van der Waals surface area contributed by atoms with E-state index in [9.17, 15) is 0 Å². The Balaban J connectivity index is 1.97. The first-order valence-electron chi connectivity index (χ1n) is 6.33. The molecule has 0 saturated heterocycles. The molecule has 0 bridgehead atoms. The molecule has 2 rings (SSSR count). The van der Waals surface area contributed by atoms with Crippen molar-refractivity contribution in [2.24, 2.45) is 0 Å². The maximum atomic E-state index is 3.94. The second kappa shape index (κ2) is 5.86. The Morgan fingerprint density at radius 3 is 2.44 bits per heavy atom. The summed E-state index contributed by atoms with van der Waals surface area (Å²) in [5.41, 5.74) is 1.32. The number of hydrogen-bond acceptors (Lipinski definition) is 1. The summed E-state index contributed by atoms with van der Waals surface area (Å²) in [6.07, 6.45) is 8.80. The first kappa shape index (κ1) is 11.4. The summed E-state index contributed by atoms with van der Waals surface area (Å²) < 4.78 is 0. The highest BCUT2D eigenvalue weighted by molar-refractivity contribution is 5.22. The number of benzene rings is 1.